The quantitative estimate of drug-likeness (QED) is 0.552. The Hall–Kier alpha value is -0.330. The summed E-state index contributed by atoms with van der Waals surface area (Å²) in [5, 5.41) is 0. The molecule has 3 atom stereocenters. The second kappa shape index (κ2) is 2.13. The van der Waals surface area contributed by atoms with Gasteiger partial charge in [-0.25, -0.2) is 0 Å². The third-order valence-electron chi connectivity index (χ3n) is 2.50. The van der Waals surface area contributed by atoms with Gasteiger partial charge in [0.05, 0.1) is 0 Å². The molecule has 1 unspecified atom stereocenters. The van der Waals surface area contributed by atoms with Crippen LogP contribution in [0.3, 0.4) is 0 Å². The number of rotatable bonds is 2. The van der Waals surface area contributed by atoms with Gasteiger partial charge >= 0.3 is 0 Å². The second-order valence-electron chi connectivity index (χ2n) is 3.07. The maximum Gasteiger partial charge on any atom is 0.133 e. The third-order valence-corrected chi connectivity index (χ3v) is 2.50. The molecule has 1 aliphatic carbocycles. The highest BCUT2D eigenvalue weighted by molar-refractivity contribution is 5.81. The molecule has 0 bridgehead atoms. The highest BCUT2D eigenvalue weighted by atomic mass is 16.1. The molecule has 0 aromatic carbocycles. The van der Waals surface area contributed by atoms with Crippen LogP contribution in [-0.4, -0.2) is 5.78 Å². The zero-order valence-electron chi connectivity index (χ0n) is 6.35. The largest absolute Gasteiger partial charge is 0.300 e. The van der Waals surface area contributed by atoms with Gasteiger partial charge in [-0.15, -0.1) is 0 Å². The summed E-state index contributed by atoms with van der Waals surface area (Å²) in [6.45, 7) is 6.03. The first-order chi connectivity index (χ1) is 4.18. The van der Waals surface area contributed by atoms with Crippen LogP contribution in [0, 0.1) is 17.8 Å². The first kappa shape index (κ1) is 6.79. The lowest BCUT2D eigenvalue weighted by atomic mass is 10.2. The topological polar surface area (TPSA) is 17.1 Å². The van der Waals surface area contributed by atoms with Gasteiger partial charge < -0.3 is 0 Å². The lowest BCUT2D eigenvalue weighted by Crippen LogP contribution is -1.94. The Kier molecular flexibility index (Phi) is 1.60. The highest BCUT2D eigenvalue weighted by Gasteiger charge is 2.47. The molecule has 9 heavy (non-hydrogen) atoms. The first-order valence-electron chi connectivity index (χ1n) is 3.69. The van der Waals surface area contributed by atoms with Crippen molar-refractivity contribution < 1.29 is 4.79 Å². The molecule has 0 saturated heterocycles. The van der Waals surface area contributed by atoms with E-state index in [0.717, 1.165) is 0 Å². The van der Waals surface area contributed by atoms with Crippen LogP contribution in [-0.2, 0) is 4.79 Å². The van der Waals surface area contributed by atoms with Crippen LogP contribution in [0.2, 0.25) is 0 Å². The van der Waals surface area contributed by atoms with E-state index in [-0.39, 0.29) is 0 Å². The standard InChI is InChI=1S/C8H14O/c1-4-7-5(2)8(7)6(3)9/h5,7-8H,4H2,1-3H3/t5?,7-,8+/m1/s1. The molecular weight excluding hydrogens is 112 g/mol. The molecule has 0 aromatic heterocycles. The number of carbonyl (C=O) groups is 1. The minimum atomic E-state index is 0.384. The van der Waals surface area contributed by atoms with Crippen LogP contribution in [0.5, 0.6) is 0 Å². The van der Waals surface area contributed by atoms with Crippen molar-refractivity contribution in [1.29, 1.82) is 0 Å². The van der Waals surface area contributed by atoms with Gasteiger partial charge in [0.25, 0.3) is 0 Å². The summed E-state index contributed by atoms with van der Waals surface area (Å²) in [6, 6.07) is 0. The molecule has 1 nitrogen and oxygen atoms in total. The van der Waals surface area contributed by atoms with Gasteiger partial charge in [0.15, 0.2) is 0 Å². The van der Waals surface area contributed by atoms with Gasteiger partial charge in [0.2, 0.25) is 0 Å². The predicted molar refractivity (Wildman–Crippen MR) is 37.1 cm³/mol. The molecule has 0 radical (unpaired) electrons. The highest BCUT2D eigenvalue weighted by Crippen LogP contribution is 2.48. The van der Waals surface area contributed by atoms with Crippen LogP contribution in [0.4, 0.5) is 0 Å². The van der Waals surface area contributed by atoms with Crippen LogP contribution in [0.25, 0.3) is 0 Å². The SMILES string of the molecule is CC[C@@H]1C(C)[C@H]1C(C)=O. The van der Waals surface area contributed by atoms with E-state index in [2.05, 4.69) is 13.8 Å². The molecule has 0 amide bonds. The van der Waals surface area contributed by atoms with Gasteiger partial charge in [-0.1, -0.05) is 20.3 Å². The molecule has 1 saturated carbocycles. The molecular formula is C8H14O. The number of carbonyl (C=O) groups excluding carboxylic acids is 1. The van der Waals surface area contributed by atoms with E-state index in [1.165, 1.54) is 6.42 Å². The van der Waals surface area contributed by atoms with Crippen molar-refractivity contribution in [2.45, 2.75) is 27.2 Å². The maximum absolute atomic E-state index is 10.8. The lowest BCUT2D eigenvalue weighted by Gasteiger charge is -1.85. The maximum atomic E-state index is 10.8. The van der Waals surface area contributed by atoms with E-state index in [4.69, 9.17) is 0 Å². The molecule has 1 aliphatic rings. The summed E-state index contributed by atoms with van der Waals surface area (Å²) < 4.78 is 0. The minimum Gasteiger partial charge on any atom is -0.300 e. The molecule has 0 N–H and O–H groups in total. The van der Waals surface area contributed by atoms with E-state index in [1.807, 2.05) is 0 Å². The number of Topliss-reactive ketones (excluding diaryl/α,β-unsaturated/α-hetero) is 1. The van der Waals surface area contributed by atoms with Gasteiger partial charge in [0.1, 0.15) is 5.78 Å². The molecule has 52 valence electrons. The zero-order valence-corrected chi connectivity index (χ0v) is 6.35. The average molecular weight is 126 g/mol. The van der Waals surface area contributed by atoms with Crippen molar-refractivity contribution >= 4 is 5.78 Å². The minimum absolute atomic E-state index is 0.384. The molecule has 1 heteroatoms. The second-order valence-corrected chi connectivity index (χ2v) is 3.07. The van der Waals surface area contributed by atoms with Crippen LogP contribution in [0.15, 0.2) is 0 Å². The Morgan fingerprint density at radius 2 is 2.11 bits per heavy atom. The molecule has 0 heterocycles. The van der Waals surface area contributed by atoms with Crippen LogP contribution in [0.1, 0.15) is 27.2 Å². The van der Waals surface area contributed by atoms with Crippen molar-refractivity contribution in [1.82, 2.24) is 0 Å². The fourth-order valence-corrected chi connectivity index (χ4v) is 1.84. The van der Waals surface area contributed by atoms with E-state index >= 15 is 0 Å². The molecule has 0 spiro atoms. The van der Waals surface area contributed by atoms with Gasteiger partial charge in [-0.3, -0.25) is 4.79 Å². The van der Waals surface area contributed by atoms with E-state index in [0.29, 0.717) is 23.5 Å². The van der Waals surface area contributed by atoms with E-state index in [9.17, 15) is 4.79 Å². The van der Waals surface area contributed by atoms with Crippen LogP contribution >= 0.6 is 0 Å². The van der Waals surface area contributed by atoms with Gasteiger partial charge in [0, 0.05) is 5.92 Å². The average Bonchev–Trinajstić information content (AvgIpc) is 2.40. The Bertz CT molecular complexity index is 129. The van der Waals surface area contributed by atoms with Crippen molar-refractivity contribution in [3.05, 3.63) is 0 Å². The monoisotopic (exact) mass is 126 g/mol. The number of hydrogen-bond acceptors (Lipinski definition) is 1. The molecule has 1 rings (SSSR count). The lowest BCUT2D eigenvalue weighted by molar-refractivity contribution is -0.118. The molecule has 0 aliphatic heterocycles. The Labute approximate surface area is 56.4 Å². The summed E-state index contributed by atoms with van der Waals surface area (Å²) in [6.07, 6.45) is 1.17. The first-order valence-corrected chi connectivity index (χ1v) is 3.69. The summed E-state index contributed by atoms with van der Waals surface area (Å²) >= 11 is 0. The summed E-state index contributed by atoms with van der Waals surface area (Å²) in [4.78, 5) is 10.8. The number of hydrogen-bond donors (Lipinski definition) is 0. The summed E-state index contributed by atoms with van der Waals surface area (Å²) in [7, 11) is 0. The Morgan fingerprint density at radius 3 is 2.22 bits per heavy atom. The smallest absolute Gasteiger partial charge is 0.133 e. The summed E-state index contributed by atoms with van der Waals surface area (Å²) in [5.74, 6) is 2.18. The fourth-order valence-electron chi connectivity index (χ4n) is 1.84. The van der Waals surface area contributed by atoms with Crippen molar-refractivity contribution in [2.75, 3.05) is 0 Å². The van der Waals surface area contributed by atoms with Crippen molar-refractivity contribution in [2.24, 2.45) is 17.8 Å². The Morgan fingerprint density at radius 1 is 1.56 bits per heavy atom. The third kappa shape index (κ3) is 1.00. The van der Waals surface area contributed by atoms with Crippen molar-refractivity contribution in [3.63, 3.8) is 0 Å². The van der Waals surface area contributed by atoms with E-state index < -0.39 is 0 Å². The van der Waals surface area contributed by atoms with Gasteiger partial charge in [-0.05, 0) is 18.8 Å². The van der Waals surface area contributed by atoms with Crippen molar-refractivity contribution in [3.8, 4) is 0 Å². The normalized spacial score (nSPS) is 40.6. The Balaban J connectivity index is 2.42. The van der Waals surface area contributed by atoms with Crippen LogP contribution < -0.4 is 0 Å². The number of ketones is 1. The zero-order chi connectivity index (χ0) is 7.02. The van der Waals surface area contributed by atoms with Gasteiger partial charge in [-0.2, -0.15) is 0 Å². The molecule has 1 fully saturated rings. The van der Waals surface area contributed by atoms with E-state index in [1.54, 1.807) is 6.92 Å². The molecule has 0 aromatic rings. The predicted octanol–water partition coefficient (Wildman–Crippen LogP) is 1.87. The summed E-state index contributed by atoms with van der Waals surface area (Å²) in [5.41, 5.74) is 0. The fraction of sp³-hybridized carbons (Fsp3) is 0.875.